The highest BCUT2D eigenvalue weighted by atomic mass is 32.1. The minimum atomic E-state index is -0.0696. The molecule has 2 aliphatic heterocycles. The smallest absolute Gasteiger partial charge is 0.252 e. The van der Waals surface area contributed by atoms with Gasteiger partial charge in [0.1, 0.15) is 11.6 Å². The van der Waals surface area contributed by atoms with Crippen LogP contribution in [0.5, 0.6) is 5.88 Å². The fraction of sp³-hybridized carbons (Fsp3) is 0.462. The molecule has 2 N–H and O–H groups in total. The molecule has 4 aromatic heterocycles. The first-order valence-electron chi connectivity index (χ1n) is 13.0. The predicted octanol–water partition coefficient (Wildman–Crippen LogP) is 3.20. The summed E-state index contributed by atoms with van der Waals surface area (Å²) in [7, 11) is 4.02. The lowest BCUT2D eigenvalue weighted by molar-refractivity contribution is 0.0939. The normalized spacial score (nSPS) is 18.7. The van der Waals surface area contributed by atoms with Gasteiger partial charge in [-0.1, -0.05) is 0 Å². The molecule has 1 atom stereocenters. The van der Waals surface area contributed by atoms with E-state index in [-0.39, 0.29) is 12.0 Å². The van der Waals surface area contributed by atoms with Crippen molar-refractivity contribution < 1.29 is 14.3 Å². The summed E-state index contributed by atoms with van der Waals surface area (Å²) in [5.74, 6) is 1.38. The Kier molecular flexibility index (Phi) is 7.00. The first kappa shape index (κ1) is 24.8. The molecule has 1 amide bonds. The highest BCUT2D eigenvalue weighted by Crippen LogP contribution is 2.31. The van der Waals surface area contributed by atoms with Crippen molar-refractivity contribution in [2.45, 2.75) is 25.4 Å². The molecular formula is C26H32N8O3S. The molecule has 0 spiro atoms. The third-order valence-electron chi connectivity index (χ3n) is 7.12. The van der Waals surface area contributed by atoms with Crippen LogP contribution in [-0.4, -0.2) is 81.1 Å². The lowest BCUT2D eigenvalue weighted by atomic mass is 9.97. The number of hydrogen-bond donors (Lipinski definition) is 2. The Hall–Kier alpha value is -3.48. The summed E-state index contributed by atoms with van der Waals surface area (Å²) in [5, 5.41) is 13.3. The molecule has 200 valence electrons. The van der Waals surface area contributed by atoms with Crippen molar-refractivity contribution in [3.63, 3.8) is 0 Å². The lowest BCUT2D eigenvalue weighted by Gasteiger charge is -2.28. The molecule has 0 unspecified atom stereocenters. The number of fused-ring (bicyclic) bond motifs is 1. The topological polar surface area (TPSA) is 111 Å². The van der Waals surface area contributed by atoms with Gasteiger partial charge in [-0.15, -0.1) is 11.3 Å². The number of hydrogen-bond acceptors (Lipinski definition) is 9. The van der Waals surface area contributed by atoms with Gasteiger partial charge in [-0.2, -0.15) is 10.1 Å². The summed E-state index contributed by atoms with van der Waals surface area (Å²) in [6.45, 7) is 4.09. The fourth-order valence-corrected chi connectivity index (χ4v) is 5.67. The van der Waals surface area contributed by atoms with Gasteiger partial charge in [0.15, 0.2) is 0 Å². The maximum atomic E-state index is 12.8. The Balaban J connectivity index is 1.20. The molecule has 6 rings (SSSR count). The number of rotatable bonds is 8. The van der Waals surface area contributed by atoms with Crippen LogP contribution >= 0.6 is 11.3 Å². The van der Waals surface area contributed by atoms with E-state index in [1.807, 2.05) is 41.5 Å². The number of nitrogens with one attached hydrogen (secondary N) is 2. The molecular weight excluding hydrogens is 504 g/mol. The van der Waals surface area contributed by atoms with E-state index in [9.17, 15) is 4.79 Å². The maximum Gasteiger partial charge on any atom is 0.252 e. The number of aromatic nitrogens is 5. The van der Waals surface area contributed by atoms with Gasteiger partial charge in [0, 0.05) is 37.8 Å². The highest BCUT2D eigenvalue weighted by molar-refractivity contribution is 7.14. The van der Waals surface area contributed by atoms with Gasteiger partial charge in [-0.25, -0.2) is 4.98 Å². The third kappa shape index (κ3) is 5.38. The average molecular weight is 537 g/mol. The zero-order valence-corrected chi connectivity index (χ0v) is 22.4. The van der Waals surface area contributed by atoms with Crippen LogP contribution in [0.3, 0.4) is 0 Å². The number of thiophene rings is 1. The Morgan fingerprint density at radius 2 is 2.11 bits per heavy atom. The minimum Gasteiger partial charge on any atom is -0.470 e. The lowest BCUT2D eigenvalue weighted by Crippen LogP contribution is -2.36. The maximum absolute atomic E-state index is 12.8. The van der Waals surface area contributed by atoms with E-state index in [0.29, 0.717) is 43.1 Å². The van der Waals surface area contributed by atoms with Gasteiger partial charge in [-0.3, -0.25) is 9.48 Å². The van der Waals surface area contributed by atoms with E-state index in [0.717, 1.165) is 54.1 Å². The second kappa shape index (κ2) is 10.7. The van der Waals surface area contributed by atoms with Crippen LogP contribution in [0.2, 0.25) is 0 Å². The molecule has 11 nitrogen and oxygen atoms in total. The summed E-state index contributed by atoms with van der Waals surface area (Å²) in [6.07, 6.45) is 8.64. The Labute approximate surface area is 224 Å². The summed E-state index contributed by atoms with van der Waals surface area (Å²) in [6, 6.07) is 3.78. The summed E-state index contributed by atoms with van der Waals surface area (Å²) in [4.78, 5) is 24.6. The largest absolute Gasteiger partial charge is 0.470 e. The fourth-order valence-electron chi connectivity index (χ4n) is 4.90. The first-order valence-corrected chi connectivity index (χ1v) is 13.8. The van der Waals surface area contributed by atoms with Crippen LogP contribution in [0.1, 0.15) is 29.6 Å². The van der Waals surface area contributed by atoms with Crippen molar-refractivity contribution in [1.29, 1.82) is 0 Å². The molecule has 2 aliphatic rings. The number of carbonyl (C=O) groups is 1. The van der Waals surface area contributed by atoms with Gasteiger partial charge in [0.25, 0.3) is 5.91 Å². The number of piperidine rings is 1. The van der Waals surface area contributed by atoms with Crippen molar-refractivity contribution in [3.8, 4) is 11.6 Å². The van der Waals surface area contributed by atoms with Gasteiger partial charge < -0.3 is 29.6 Å². The number of amides is 1. The Morgan fingerprint density at radius 3 is 2.87 bits per heavy atom. The van der Waals surface area contributed by atoms with Crippen molar-refractivity contribution >= 4 is 39.2 Å². The van der Waals surface area contributed by atoms with Gasteiger partial charge in [0.05, 0.1) is 41.2 Å². The number of aryl methyl sites for hydroxylation is 1. The zero-order valence-electron chi connectivity index (χ0n) is 21.6. The highest BCUT2D eigenvalue weighted by Gasteiger charge is 2.23. The first-order chi connectivity index (χ1) is 18.5. The van der Waals surface area contributed by atoms with Crippen molar-refractivity contribution in [2.75, 3.05) is 45.2 Å². The number of carbonyl (C=O) groups excluding carboxylic acids is 1. The van der Waals surface area contributed by atoms with E-state index in [1.165, 1.54) is 11.3 Å². The minimum absolute atomic E-state index is 0.0524. The molecule has 38 heavy (non-hydrogen) atoms. The zero-order chi connectivity index (χ0) is 26.1. The van der Waals surface area contributed by atoms with Crippen LogP contribution in [0.25, 0.3) is 16.7 Å². The second-order valence-electron chi connectivity index (χ2n) is 10.0. The predicted molar refractivity (Wildman–Crippen MR) is 146 cm³/mol. The molecule has 2 saturated heterocycles. The van der Waals surface area contributed by atoms with Crippen LogP contribution in [0.4, 0.5) is 10.9 Å². The molecule has 4 aromatic rings. The van der Waals surface area contributed by atoms with Crippen molar-refractivity contribution in [1.82, 2.24) is 34.5 Å². The molecule has 0 aliphatic carbocycles. The molecule has 12 heteroatoms. The second-order valence-corrected chi connectivity index (χ2v) is 10.9. The molecule has 0 saturated carbocycles. The quantitative estimate of drug-likeness (QED) is 0.353. The summed E-state index contributed by atoms with van der Waals surface area (Å²) in [5.41, 5.74) is 3.05. The van der Waals surface area contributed by atoms with Crippen LogP contribution in [0.15, 0.2) is 36.1 Å². The van der Waals surface area contributed by atoms with E-state index in [1.54, 1.807) is 10.9 Å². The van der Waals surface area contributed by atoms with Gasteiger partial charge >= 0.3 is 0 Å². The Bertz CT molecular complexity index is 1420. The van der Waals surface area contributed by atoms with Crippen LogP contribution in [-0.2, 0) is 11.8 Å². The molecule has 0 aromatic carbocycles. The number of anilines is 2. The number of nitrogens with zero attached hydrogens (tertiary/aromatic N) is 6. The standard InChI is InChI=1S/C26H32N8O3S/c1-32-7-3-17(4-8-32)12-27-24(35)18-11-22(38-16-18)30-26-29-21-5-9-34(19-13-28-33(2)14-19)23(21)25(31-26)37-20-6-10-36-15-20/h5,9,11,13-14,16-17,20H,3-4,6-8,10,12,15H2,1-2H3,(H,27,35)(H,29,30,31)/t20-/m1/s1. The molecule has 0 radical (unpaired) electrons. The van der Waals surface area contributed by atoms with Crippen LogP contribution < -0.4 is 15.4 Å². The molecule has 6 heterocycles. The van der Waals surface area contributed by atoms with Crippen molar-refractivity contribution in [3.05, 3.63) is 41.7 Å². The van der Waals surface area contributed by atoms with E-state index in [2.05, 4.69) is 27.7 Å². The van der Waals surface area contributed by atoms with Gasteiger partial charge in [0.2, 0.25) is 11.8 Å². The molecule has 2 fully saturated rings. The Morgan fingerprint density at radius 1 is 1.24 bits per heavy atom. The van der Waals surface area contributed by atoms with E-state index < -0.39 is 0 Å². The summed E-state index contributed by atoms with van der Waals surface area (Å²) >= 11 is 1.45. The van der Waals surface area contributed by atoms with E-state index in [4.69, 9.17) is 19.4 Å². The van der Waals surface area contributed by atoms with Gasteiger partial charge in [-0.05, 0) is 51.0 Å². The number of ether oxygens (including phenoxy) is 2. The summed E-state index contributed by atoms with van der Waals surface area (Å²) < 4.78 is 15.6. The molecule has 0 bridgehead atoms. The van der Waals surface area contributed by atoms with E-state index >= 15 is 0 Å². The monoisotopic (exact) mass is 536 g/mol. The third-order valence-corrected chi connectivity index (χ3v) is 7.97. The van der Waals surface area contributed by atoms with Crippen LogP contribution in [0, 0.1) is 5.92 Å². The SMILES string of the molecule is CN1CCC(CNC(=O)c2csc(Nc3nc(O[C@@H]4CCOC4)c4c(ccn4-c4cnn(C)c4)n3)c2)CC1. The average Bonchev–Trinajstić information content (AvgIpc) is 3.71. The van der Waals surface area contributed by atoms with Crippen molar-refractivity contribution in [2.24, 2.45) is 13.0 Å². The number of likely N-dealkylation sites (tertiary alicyclic amines) is 1.